The van der Waals surface area contributed by atoms with Gasteiger partial charge in [0, 0.05) is 18.5 Å². The number of benzene rings is 2. The van der Waals surface area contributed by atoms with Crippen molar-refractivity contribution in [2.24, 2.45) is 5.10 Å². The average Bonchev–Trinajstić information content (AvgIpc) is 3.01. The first-order valence-corrected chi connectivity index (χ1v) is 10.6. The van der Waals surface area contributed by atoms with E-state index in [2.05, 4.69) is 10.5 Å². The van der Waals surface area contributed by atoms with Crippen LogP contribution in [0.15, 0.2) is 41.5 Å². The van der Waals surface area contributed by atoms with Gasteiger partial charge in [-0.2, -0.15) is 18.3 Å². The number of nitrogens with one attached hydrogen (secondary N) is 1. The van der Waals surface area contributed by atoms with Crippen LogP contribution in [0.25, 0.3) is 0 Å². The molecule has 1 atom stereocenters. The lowest BCUT2D eigenvalue weighted by molar-refractivity contribution is -0.138. The predicted molar refractivity (Wildman–Crippen MR) is 120 cm³/mol. The zero-order valence-electron chi connectivity index (χ0n) is 18.9. The molecule has 0 fully saturated rings. The van der Waals surface area contributed by atoms with Gasteiger partial charge < -0.3 is 5.11 Å². The number of rotatable bonds is 7. The van der Waals surface area contributed by atoms with Gasteiger partial charge in [-0.3, -0.25) is 19.3 Å². The van der Waals surface area contributed by atoms with Gasteiger partial charge in [0.15, 0.2) is 0 Å². The highest BCUT2D eigenvalue weighted by atomic mass is 19.4. The molecule has 0 aliphatic carbocycles. The van der Waals surface area contributed by atoms with Crippen molar-refractivity contribution in [3.63, 3.8) is 0 Å². The number of amides is 2. The quantitative estimate of drug-likeness (QED) is 0.443. The number of aliphatic carboxylic acids is 1. The predicted octanol–water partition coefficient (Wildman–Crippen LogP) is 4.83. The highest BCUT2D eigenvalue weighted by Gasteiger charge is 2.42. The summed E-state index contributed by atoms with van der Waals surface area (Å²) in [6, 6.07) is 8.45. The lowest BCUT2D eigenvalue weighted by Gasteiger charge is -2.20. The third-order valence-electron chi connectivity index (χ3n) is 5.41. The molecule has 1 unspecified atom stereocenters. The molecule has 3 rings (SSSR count). The zero-order valence-corrected chi connectivity index (χ0v) is 18.9. The fourth-order valence-corrected chi connectivity index (χ4v) is 3.96. The number of aryl methyl sites for hydroxylation is 2. The van der Waals surface area contributed by atoms with Crippen LogP contribution in [0.3, 0.4) is 0 Å². The lowest BCUT2D eigenvalue weighted by Crippen LogP contribution is -2.29. The third kappa shape index (κ3) is 5.44. The van der Waals surface area contributed by atoms with Gasteiger partial charge in [0.25, 0.3) is 0 Å². The van der Waals surface area contributed by atoms with E-state index in [-0.39, 0.29) is 30.7 Å². The number of hydrogen-bond acceptors (Lipinski definition) is 4. The first kappa shape index (κ1) is 24.9. The van der Waals surface area contributed by atoms with Crippen LogP contribution in [0, 0.1) is 13.8 Å². The number of halogens is 3. The Morgan fingerprint density at radius 2 is 1.74 bits per heavy atom. The largest absolute Gasteiger partial charge is 0.481 e. The molecule has 2 N–H and O–H groups in total. The number of alkyl halides is 3. The summed E-state index contributed by atoms with van der Waals surface area (Å²) in [5.74, 6) is -3.02. The number of carboxylic acid groups (broad SMARTS) is 1. The minimum Gasteiger partial charge on any atom is -0.481 e. The van der Waals surface area contributed by atoms with Crippen LogP contribution >= 0.6 is 0 Å². The Hall–Kier alpha value is -3.69. The van der Waals surface area contributed by atoms with Gasteiger partial charge in [-0.1, -0.05) is 12.1 Å². The number of fused-ring (bicyclic) bond motifs is 1. The minimum atomic E-state index is -4.59. The summed E-state index contributed by atoms with van der Waals surface area (Å²) in [5, 5.41) is 12.6. The number of hydrogen-bond donors (Lipinski definition) is 2. The van der Waals surface area contributed by atoms with Crippen LogP contribution in [0.5, 0.6) is 0 Å². The summed E-state index contributed by atoms with van der Waals surface area (Å²) in [4.78, 5) is 37.3. The van der Waals surface area contributed by atoms with Crippen LogP contribution in [0.2, 0.25) is 0 Å². The molecule has 2 amide bonds. The van der Waals surface area contributed by atoms with Gasteiger partial charge in [-0.15, -0.1) is 0 Å². The number of anilines is 2. The SMILES string of the molecule is C/C(=N/NC(=O)CCCC(=O)O)C1C(=O)N(c2cc(C)cc(C)c2)c2cc(C(F)(F)F)ccc21. The van der Waals surface area contributed by atoms with E-state index < -0.39 is 35.4 Å². The molecule has 2 aromatic rings. The van der Waals surface area contributed by atoms with Gasteiger partial charge in [-0.25, -0.2) is 5.43 Å². The lowest BCUT2D eigenvalue weighted by atomic mass is 9.95. The van der Waals surface area contributed by atoms with Crippen molar-refractivity contribution < 1.29 is 32.7 Å². The van der Waals surface area contributed by atoms with Gasteiger partial charge in [0.2, 0.25) is 11.8 Å². The Morgan fingerprint density at radius 1 is 1.09 bits per heavy atom. The molecule has 34 heavy (non-hydrogen) atoms. The molecule has 0 saturated heterocycles. The summed E-state index contributed by atoms with van der Waals surface area (Å²) in [6.07, 6.45) is -4.70. The van der Waals surface area contributed by atoms with E-state index >= 15 is 0 Å². The maximum atomic E-state index is 13.5. The van der Waals surface area contributed by atoms with Crippen LogP contribution in [0.4, 0.5) is 24.5 Å². The van der Waals surface area contributed by atoms with Crippen molar-refractivity contribution in [3.8, 4) is 0 Å². The average molecular weight is 475 g/mol. The number of hydrazone groups is 1. The first-order chi connectivity index (χ1) is 15.9. The van der Waals surface area contributed by atoms with Crippen LogP contribution in [-0.4, -0.2) is 28.6 Å². The Morgan fingerprint density at radius 3 is 2.32 bits per heavy atom. The summed E-state index contributed by atoms with van der Waals surface area (Å²) >= 11 is 0. The fraction of sp³-hybridized carbons (Fsp3) is 0.333. The van der Waals surface area contributed by atoms with E-state index in [0.717, 1.165) is 23.3 Å². The molecule has 0 bridgehead atoms. The minimum absolute atomic E-state index is 0.0675. The molecule has 7 nitrogen and oxygen atoms in total. The molecule has 1 aliphatic heterocycles. The summed E-state index contributed by atoms with van der Waals surface area (Å²) in [6.45, 7) is 5.16. The summed E-state index contributed by atoms with van der Waals surface area (Å²) in [7, 11) is 0. The number of carbonyl (C=O) groups is 3. The molecule has 1 aliphatic rings. The van der Waals surface area contributed by atoms with E-state index in [1.807, 2.05) is 19.9 Å². The van der Waals surface area contributed by atoms with Crippen LogP contribution < -0.4 is 10.3 Å². The van der Waals surface area contributed by atoms with Gasteiger partial charge in [-0.05, 0) is 68.1 Å². The molecule has 0 saturated carbocycles. The Balaban J connectivity index is 1.97. The van der Waals surface area contributed by atoms with E-state index in [4.69, 9.17) is 5.11 Å². The second kappa shape index (κ2) is 9.66. The number of nitrogens with zero attached hydrogens (tertiary/aromatic N) is 2. The second-order valence-electron chi connectivity index (χ2n) is 8.26. The van der Waals surface area contributed by atoms with Crippen molar-refractivity contribution in [2.45, 2.75) is 52.1 Å². The van der Waals surface area contributed by atoms with Crippen molar-refractivity contribution in [2.75, 3.05) is 4.90 Å². The molecule has 0 spiro atoms. The van der Waals surface area contributed by atoms with Gasteiger partial charge in [0.1, 0.15) is 5.92 Å². The summed E-state index contributed by atoms with van der Waals surface area (Å²) in [5.41, 5.74) is 4.20. The Kier molecular flexibility index (Phi) is 7.09. The molecule has 180 valence electrons. The number of carbonyl (C=O) groups excluding carboxylic acids is 2. The molecule has 2 aromatic carbocycles. The molecular formula is C24H24F3N3O4. The monoisotopic (exact) mass is 475 g/mol. The van der Waals surface area contributed by atoms with Crippen molar-refractivity contribution in [1.29, 1.82) is 0 Å². The first-order valence-electron chi connectivity index (χ1n) is 10.6. The highest BCUT2D eigenvalue weighted by molar-refractivity contribution is 6.22. The molecule has 0 aromatic heterocycles. The summed E-state index contributed by atoms with van der Waals surface area (Å²) < 4.78 is 40.3. The smallest absolute Gasteiger partial charge is 0.416 e. The second-order valence-corrected chi connectivity index (χ2v) is 8.26. The van der Waals surface area contributed by atoms with Gasteiger partial charge in [0.05, 0.1) is 17.0 Å². The maximum absolute atomic E-state index is 13.5. The standard InChI is InChI=1S/C24H24F3N3O4/c1-13-9-14(2)11-17(10-13)30-19-12-16(24(25,26)27)7-8-18(19)22(23(30)34)15(3)28-29-20(31)5-4-6-21(32)33/h7-12,22H,4-6H2,1-3H3,(H,29,31)(H,32,33)/b28-15-. The van der Waals surface area contributed by atoms with Gasteiger partial charge >= 0.3 is 12.1 Å². The molecule has 0 radical (unpaired) electrons. The molecular weight excluding hydrogens is 451 g/mol. The van der Waals surface area contributed by atoms with E-state index in [1.54, 1.807) is 12.1 Å². The highest BCUT2D eigenvalue weighted by Crippen LogP contribution is 2.45. The van der Waals surface area contributed by atoms with E-state index in [0.29, 0.717) is 11.3 Å². The zero-order chi connectivity index (χ0) is 25.2. The van der Waals surface area contributed by atoms with Crippen LogP contribution in [0.1, 0.15) is 54.4 Å². The molecule has 1 heterocycles. The topological polar surface area (TPSA) is 99.1 Å². The van der Waals surface area contributed by atoms with Crippen molar-refractivity contribution in [1.82, 2.24) is 5.43 Å². The Labute approximate surface area is 194 Å². The number of carboxylic acids is 1. The van der Waals surface area contributed by atoms with Crippen molar-refractivity contribution >= 4 is 34.9 Å². The normalized spacial score (nSPS) is 15.9. The Bertz CT molecular complexity index is 1150. The maximum Gasteiger partial charge on any atom is 0.416 e. The van der Waals surface area contributed by atoms with Crippen molar-refractivity contribution in [3.05, 3.63) is 58.7 Å². The van der Waals surface area contributed by atoms with E-state index in [1.165, 1.54) is 17.9 Å². The molecule has 10 heteroatoms. The fourth-order valence-electron chi connectivity index (χ4n) is 3.96. The van der Waals surface area contributed by atoms with E-state index in [9.17, 15) is 27.6 Å². The third-order valence-corrected chi connectivity index (χ3v) is 5.41. The van der Waals surface area contributed by atoms with Crippen LogP contribution in [-0.2, 0) is 20.6 Å².